The van der Waals surface area contributed by atoms with Crippen LogP contribution < -0.4 is 69.3 Å². The number of benzene rings is 4. The Morgan fingerprint density at radius 2 is 1.43 bits per heavy atom. The van der Waals surface area contributed by atoms with Gasteiger partial charge in [0.25, 0.3) is 0 Å². The molecular weight excluding hydrogens is 735 g/mol. The zero-order valence-corrected chi connectivity index (χ0v) is 34.7. The fraction of sp³-hybridized carbons (Fsp3) is 0.114. The van der Waals surface area contributed by atoms with Crippen LogP contribution in [0.2, 0.25) is 0 Å². The maximum absolute atomic E-state index is 12.4. The smallest absolute Gasteiger partial charge is 0.744 e. The Morgan fingerprint density at radius 1 is 0.784 bits per heavy atom. The van der Waals surface area contributed by atoms with E-state index in [1.807, 2.05) is 90.3 Å². The summed E-state index contributed by atoms with van der Waals surface area (Å²) in [5.41, 5.74) is 5.37. The molecule has 0 radical (unpaired) electrons. The number of nitrogens with zero attached hydrogens (tertiary/aromatic N) is 2. The van der Waals surface area contributed by atoms with Gasteiger partial charge in [0.2, 0.25) is 0 Å². The fourth-order valence-electron chi connectivity index (χ4n) is 5.41. The van der Waals surface area contributed by atoms with E-state index in [-0.39, 0.29) is 74.5 Å². The van der Waals surface area contributed by atoms with E-state index in [1.54, 1.807) is 24.3 Å². The molecule has 1 aliphatic carbocycles. The molecule has 0 unspecified atom stereocenters. The molecule has 5 rings (SSSR count). The van der Waals surface area contributed by atoms with Crippen molar-refractivity contribution < 1.29 is 104 Å². The molecule has 0 heterocycles. The van der Waals surface area contributed by atoms with Crippen molar-refractivity contribution in [1.82, 2.24) is 0 Å². The molecule has 4 aromatic rings. The summed E-state index contributed by atoms with van der Waals surface area (Å²) in [6.07, 6.45) is 7.31. The fourth-order valence-corrected chi connectivity index (χ4v) is 7.08. The van der Waals surface area contributed by atoms with Crippen LogP contribution in [0.15, 0.2) is 142 Å². The van der Waals surface area contributed by atoms with E-state index in [9.17, 15) is 31.2 Å². The van der Waals surface area contributed by atoms with E-state index < -0.39 is 20.2 Å². The van der Waals surface area contributed by atoms with Gasteiger partial charge >= 0.3 is 59.1 Å². The van der Waals surface area contributed by atoms with Crippen LogP contribution >= 0.6 is 12.0 Å². The van der Waals surface area contributed by atoms with Crippen molar-refractivity contribution in [2.75, 3.05) is 19.0 Å². The molecule has 0 saturated heterocycles. The first-order valence-electron chi connectivity index (χ1n) is 14.7. The molecule has 11 nitrogen and oxygen atoms in total. The van der Waals surface area contributed by atoms with Crippen LogP contribution in [0.4, 0.5) is 5.69 Å². The molecule has 0 atom stereocenters. The van der Waals surface area contributed by atoms with Crippen LogP contribution in [0.3, 0.4) is 0 Å². The van der Waals surface area contributed by atoms with E-state index in [4.69, 9.17) is 0 Å². The van der Waals surface area contributed by atoms with Gasteiger partial charge in [-0.15, -0.1) is 0 Å². The van der Waals surface area contributed by atoms with E-state index in [1.165, 1.54) is 30.3 Å². The van der Waals surface area contributed by atoms with Gasteiger partial charge in [0.15, 0.2) is 12.3 Å². The molecule has 1 aliphatic rings. The van der Waals surface area contributed by atoms with Crippen LogP contribution in [0.25, 0.3) is 5.57 Å². The topological polar surface area (TPSA) is 162 Å². The van der Waals surface area contributed by atoms with Gasteiger partial charge in [0, 0.05) is 47.5 Å². The summed E-state index contributed by atoms with van der Waals surface area (Å²) in [5, 5.41) is 13.6. The molecule has 0 aliphatic heterocycles. The van der Waals surface area contributed by atoms with Crippen molar-refractivity contribution in [2.45, 2.75) is 27.8 Å². The molecule has 0 spiro atoms. The number of allylic oxidation sites excluding steroid dienone is 5. The maximum atomic E-state index is 12.4. The molecule has 0 N–H and O–H groups in total. The van der Waals surface area contributed by atoms with E-state index in [0.29, 0.717) is 40.3 Å². The summed E-state index contributed by atoms with van der Waals surface area (Å²) in [6.45, 7) is 0.850. The second-order valence-corrected chi connectivity index (χ2v) is 14.6. The summed E-state index contributed by atoms with van der Waals surface area (Å²) in [6, 6.07) is 26.9. The number of rotatable bonds is 12. The van der Waals surface area contributed by atoms with Gasteiger partial charge < -0.3 is 19.3 Å². The van der Waals surface area contributed by atoms with Crippen LogP contribution in [-0.4, -0.2) is 50.3 Å². The van der Waals surface area contributed by atoms with Gasteiger partial charge in [0.05, 0.1) is 21.8 Å². The third kappa shape index (κ3) is 11.6. The average Bonchev–Trinajstić information content (AvgIpc) is 3.08. The number of anilines is 1. The molecule has 0 aromatic heterocycles. The monoisotopic (exact) mass is 764 g/mol. The van der Waals surface area contributed by atoms with E-state index >= 15 is 0 Å². The van der Waals surface area contributed by atoms with Gasteiger partial charge in [-0.3, -0.25) is 5.04 Å². The Morgan fingerprint density at radius 3 is 2.08 bits per heavy atom. The van der Waals surface area contributed by atoms with Crippen molar-refractivity contribution >= 4 is 49.3 Å². The minimum Gasteiger partial charge on any atom is -0.744 e. The van der Waals surface area contributed by atoms with E-state index in [0.717, 1.165) is 29.0 Å². The molecule has 16 heteroatoms. The third-order valence-corrected chi connectivity index (χ3v) is 10.00. The summed E-state index contributed by atoms with van der Waals surface area (Å²) >= 11 is 0.811. The quantitative estimate of drug-likeness (QED) is 0.0416. The van der Waals surface area contributed by atoms with Gasteiger partial charge in [-0.05, 0) is 76.9 Å². The van der Waals surface area contributed by atoms with Crippen molar-refractivity contribution in [3.63, 3.8) is 0 Å². The predicted octanol–water partition coefficient (Wildman–Crippen LogP) is -1.42. The maximum Gasteiger partial charge on any atom is 1.00 e. The molecule has 254 valence electrons. The number of hydrogen-bond donors (Lipinski definition) is 0. The normalized spacial score (nSPS) is 12.6. The van der Waals surface area contributed by atoms with Crippen molar-refractivity contribution in [3.8, 4) is 0 Å². The molecule has 0 bridgehead atoms. The SMILES string of the molecule is CN(Cc1cccc(SOO[O-])c1)c1ccc(C(=C2C=CC(=[N+](C)Cc3cccc(S(=O)(=O)[O-])c3)C=C2)c2ccccc2S(=O)(=O)[O-])cc1.[Na+].[Na+]. The second-order valence-electron chi connectivity index (χ2n) is 11.1. The number of hydrogen-bond acceptors (Lipinski definition) is 11. The first-order chi connectivity index (χ1) is 23.3. The Kier molecular flexibility index (Phi) is 16.1. The standard InChI is InChI=1S/C35H32N2O9S3.2Na/c1-36(23-25-7-5-9-31(21-25)47-46-45-38)29-17-13-27(14-18-29)35(33-11-3-4-12-34(33)49(42,43)44)28-15-19-30(20-16-28)37(2)24-26-8-6-10-32(22-26)48(39,40)41;;/h3-22H,23-24H2,1-2H3,(H2-,38,39,40,41,42,43,44);;/q;2*+1/p-2. The zero-order valence-electron chi connectivity index (χ0n) is 28.3. The molecule has 0 fully saturated rings. The first kappa shape index (κ1) is 43.0. The second kappa shape index (κ2) is 19.1. The van der Waals surface area contributed by atoms with Crippen LogP contribution in [0.5, 0.6) is 0 Å². The first-order valence-corrected chi connectivity index (χ1v) is 18.2. The van der Waals surface area contributed by atoms with Crippen LogP contribution in [0, 0.1) is 0 Å². The molecular formula is C35H30N2Na2O9S3. The van der Waals surface area contributed by atoms with Gasteiger partial charge in [-0.1, -0.05) is 54.6 Å². The Balaban J connectivity index is 0.00000351. The third-order valence-electron chi connectivity index (χ3n) is 7.70. The summed E-state index contributed by atoms with van der Waals surface area (Å²) in [7, 11) is -5.68. The van der Waals surface area contributed by atoms with E-state index in [2.05, 4.69) is 9.37 Å². The van der Waals surface area contributed by atoms with Gasteiger partial charge in [0.1, 0.15) is 27.3 Å². The summed E-state index contributed by atoms with van der Waals surface area (Å²) in [4.78, 5) is 2.07. The Labute approximate surface area is 346 Å². The van der Waals surface area contributed by atoms with Gasteiger partial charge in [-0.2, -0.15) is 4.33 Å². The minimum atomic E-state index is -4.82. The van der Waals surface area contributed by atoms with Crippen LogP contribution in [0.1, 0.15) is 22.3 Å². The molecule has 4 aromatic carbocycles. The predicted molar refractivity (Wildman–Crippen MR) is 181 cm³/mol. The average molecular weight is 765 g/mol. The Hall–Kier alpha value is -2.38. The summed E-state index contributed by atoms with van der Waals surface area (Å²) < 4.78 is 77.8. The summed E-state index contributed by atoms with van der Waals surface area (Å²) in [5.74, 6) is 0. The van der Waals surface area contributed by atoms with Crippen LogP contribution in [-0.2, 0) is 42.7 Å². The minimum absolute atomic E-state index is 0. The Bertz CT molecular complexity index is 2190. The van der Waals surface area contributed by atoms with Crippen molar-refractivity contribution in [3.05, 3.63) is 149 Å². The molecule has 0 saturated carbocycles. The van der Waals surface area contributed by atoms with Gasteiger partial charge in [-0.25, -0.2) is 21.4 Å². The molecule has 51 heavy (non-hydrogen) atoms. The largest absolute Gasteiger partial charge is 1.00 e. The molecule has 0 amide bonds. The zero-order chi connectivity index (χ0) is 35.2. The van der Waals surface area contributed by atoms with Crippen molar-refractivity contribution in [2.24, 2.45) is 0 Å². The van der Waals surface area contributed by atoms with Crippen molar-refractivity contribution in [1.29, 1.82) is 0 Å².